The highest BCUT2D eigenvalue weighted by Gasteiger charge is 2.17. The van der Waals surface area contributed by atoms with E-state index in [1.165, 1.54) is 30.9 Å². The summed E-state index contributed by atoms with van der Waals surface area (Å²) in [5.74, 6) is -0.198. The van der Waals surface area contributed by atoms with E-state index in [9.17, 15) is 14.9 Å². The minimum Gasteiger partial charge on any atom is -0.490 e. The lowest BCUT2D eigenvalue weighted by molar-refractivity contribution is -0.385. The number of benzene rings is 1. The number of hydrogen-bond donors (Lipinski definition) is 2. The van der Waals surface area contributed by atoms with E-state index >= 15 is 0 Å². The molecule has 0 aromatic heterocycles. The maximum absolute atomic E-state index is 12.1. The first kappa shape index (κ1) is 15.0. The van der Waals surface area contributed by atoms with Gasteiger partial charge in [0.1, 0.15) is 0 Å². The van der Waals surface area contributed by atoms with Crippen LogP contribution in [0.4, 0.5) is 5.69 Å². The summed E-state index contributed by atoms with van der Waals surface area (Å²) < 4.78 is 4.95. The van der Waals surface area contributed by atoms with E-state index in [0.717, 1.165) is 19.5 Å². The molecule has 1 amide bonds. The summed E-state index contributed by atoms with van der Waals surface area (Å²) in [5, 5.41) is 16.8. The Morgan fingerprint density at radius 2 is 2.33 bits per heavy atom. The van der Waals surface area contributed by atoms with Gasteiger partial charge in [-0.05, 0) is 19.0 Å². The first-order valence-corrected chi connectivity index (χ1v) is 6.61. The number of carbonyl (C=O) groups is 1. The van der Waals surface area contributed by atoms with Crippen molar-refractivity contribution in [2.24, 2.45) is 0 Å². The first-order valence-electron chi connectivity index (χ1n) is 6.61. The van der Waals surface area contributed by atoms with Gasteiger partial charge in [-0.15, -0.1) is 0 Å². The minimum absolute atomic E-state index is 0.0775. The van der Waals surface area contributed by atoms with E-state index < -0.39 is 4.92 Å². The summed E-state index contributed by atoms with van der Waals surface area (Å²) in [6, 6.07) is 4.08. The molecule has 112 valence electrons. The Hall–Kier alpha value is -2.41. The Morgan fingerprint density at radius 3 is 2.95 bits per heavy atom. The molecule has 1 aliphatic rings. The van der Waals surface area contributed by atoms with Crippen molar-refractivity contribution in [3.63, 3.8) is 0 Å². The Bertz CT molecular complexity index is 584. The number of carbonyl (C=O) groups excluding carboxylic acids is 1. The third-order valence-corrected chi connectivity index (χ3v) is 3.27. The molecule has 0 fully saturated rings. The van der Waals surface area contributed by atoms with Crippen LogP contribution in [-0.2, 0) is 0 Å². The van der Waals surface area contributed by atoms with Crippen molar-refractivity contribution in [2.75, 3.05) is 26.7 Å². The van der Waals surface area contributed by atoms with Crippen LogP contribution in [0.1, 0.15) is 16.8 Å². The van der Waals surface area contributed by atoms with E-state index in [2.05, 4.69) is 16.7 Å². The second kappa shape index (κ2) is 6.85. The largest absolute Gasteiger partial charge is 0.490 e. The lowest BCUT2D eigenvalue weighted by atomic mass is 10.1. The zero-order valence-corrected chi connectivity index (χ0v) is 11.7. The molecule has 0 radical (unpaired) electrons. The summed E-state index contributed by atoms with van der Waals surface area (Å²) >= 11 is 0. The van der Waals surface area contributed by atoms with Gasteiger partial charge in [-0.1, -0.05) is 11.6 Å². The highest BCUT2D eigenvalue weighted by atomic mass is 16.6. The lowest BCUT2D eigenvalue weighted by Crippen LogP contribution is -2.29. The Balaban J connectivity index is 2.05. The monoisotopic (exact) mass is 291 g/mol. The molecule has 0 aliphatic carbocycles. The molecule has 0 saturated heterocycles. The molecule has 0 saturated carbocycles. The van der Waals surface area contributed by atoms with E-state index in [0.29, 0.717) is 12.1 Å². The molecule has 0 atom stereocenters. The number of rotatable bonds is 5. The second-order valence-corrected chi connectivity index (χ2v) is 4.64. The summed E-state index contributed by atoms with van der Waals surface area (Å²) in [6.45, 7) is 2.21. The van der Waals surface area contributed by atoms with Gasteiger partial charge in [-0.25, -0.2) is 0 Å². The molecule has 7 nitrogen and oxygen atoms in total. The van der Waals surface area contributed by atoms with Crippen LogP contribution in [0.5, 0.6) is 5.75 Å². The number of amides is 1. The number of methoxy groups -OCH3 is 1. The first-order chi connectivity index (χ1) is 10.1. The quantitative estimate of drug-likeness (QED) is 0.484. The van der Waals surface area contributed by atoms with Crippen LogP contribution in [0.15, 0.2) is 29.8 Å². The molecule has 1 heterocycles. The third kappa shape index (κ3) is 3.79. The van der Waals surface area contributed by atoms with Gasteiger partial charge in [0.15, 0.2) is 5.75 Å². The van der Waals surface area contributed by atoms with Crippen LogP contribution in [0.25, 0.3) is 0 Å². The standard InChI is InChI=1S/C14H17N3O4/c1-21-13-8-11(2-3-12(13)17(19)20)14(18)16-9-10-4-6-15-7-5-10/h2-4,8,15H,5-7,9H2,1H3,(H,16,18). The van der Waals surface area contributed by atoms with Crippen LogP contribution in [0.2, 0.25) is 0 Å². The fourth-order valence-electron chi connectivity index (χ4n) is 2.10. The van der Waals surface area contributed by atoms with Crippen LogP contribution in [-0.4, -0.2) is 37.6 Å². The summed E-state index contributed by atoms with van der Waals surface area (Å²) in [7, 11) is 1.34. The van der Waals surface area contributed by atoms with Crippen LogP contribution in [0, 0.1) is 10.1 Å². The number of nitro benzene ring substituents is 1. The molecule has 1 aliphatic heterocycles. The zero-order chi connectivity index (χ0) is 15.2. The predicted octanol–water partition coefficient (Wildman–Crippen LogP) is 1.25. The fourth-order valence-corrected chi connectivity index (χ4v) is 2.10. The number of nitrogens with one attached hydrogen (secondary N) is 2. The molecule has 0 bridgehead atoms. The minimum atomic E-state index is -0.541. The normalized spacial score (nSPS) is 14.2. The summed E-state index contributed by atoms with van der Waals surface area (Å²) in [5.41, 5.74) is 1.36. The van der Waals surface area contributed by atoms with Crippen LogP contribution in [0.3, 0.4) is 0 Å². The zero-order valence-electron chi connectivity index (χ0n) is 11.7. The van der Waals surface area contributed by atoms with E-state index in [1.807, 2.05) is 0 Å². The van der Waals surface area contributed by atoms with Crippen molar-refractivity contribution in [3.8, 4) is 5.75 Å². The van der Waals surface area contributed by atoms with Crippen molar-refractivity contribution in [3.05, 3.63) is 45.5 Å². The average Bonchev–Trinajstić information content (AvgIpc) is 2.52. The van der Waals surface area contributed by atoms with Crippen molar-refractivity contribution >= 4 is 11.6 Å². The van der Waals surface area contributed by atoms with Crippen molar-refractivity contribution < 1.29 is 14.5 Å². The molecule has 0 unspecified atom stereocenters. The van der Waals surface area contributed by atoms with Crippen molar-refractivity contribution in [2.45, 2.75) is 6.42 Å². The Morgan fingerprint density at radius 1 is 1.52 bits per heavy atom. The highest BCUT2D eigenvalue weighted by Crippen LogP contribution is 2.27. The third-order valence-electron chi connectivity index (χ3n) is 3.27. The fraction of sp³-hybridized carbons (Fsp3) is 0.357. The number of ether oxygens (including phenoxy) is 1. The Kier molecular flexibility index (Phi) is 4.89. The predicted molar refractivity (Wildman–Crippen MR) is 77.6 cm³/mol. The van der Waals surface area contributed by atoms with Crippen LogP contribution >= 0.6 is 0 Å². The topological polar surface area (TPSA) is 93.5 Å². The molecule has 7 heteroatoms. The SMILES string of the molecule is COc1cc(C(=O)NCC2=CCNCC2)ccc1[N+](=O)[O-]. The Labute approximate surface area is 122 Å². The molecule has 21 heavy (non-hydrogen) atoms. The van der Waals surface area contributed by atoms with Gasteiger partial charge in [0.2, 0.25) is 0 Å². The molecule has 0 spiro atoms. The van der Waals surface area contributed by atoms with Gasteiger partial charge < -0.3 is 15.4 Å². The van der Waals surface area contributed by atoms with Crippen molar-refractivity contribution in [1.82, 2.24) is 10.6 Å². The molecule has 2 N–H and O–H groups in total. The van der Waals surface area contributed by atoms with E-state index in [1.54, 1.807) is 0 Å². The molecule has 2 rings (SSSR count). The summed E-state index contributed by atoms with van der Waals surface area (Å²) in [4.78, 5) is 22.3. The van der Waals surface area contributed by atoms with E-state index in [4.69, 9.17) is 4.74 Å². The van der Waals surface area contributed by atoms with Gasteiger partial charge in [0.05, 0.1) is 12.0 Å². The lowest BCUT2D eigenvalue weighted by Gasteiger charge is -2.14. The number of nitrogens with zero attached hydrogens (tertiary/aromatic N) is 1. The van der Waals surface area contributed by atoms with Gasteiger partial charge in [-0.2, -0.15) is 0 Å². The van der Waals surface area contributed by atoms with E-state index in [-0.39, 0.29) is 17.3 Å². The van der Waals surface area contributed by atoms with Crippen LogP contribution < -0.4 is 15.4 Å². The van der Waals surface area contributed by atoms with Gasteiger partial charge in [0, 0.05) is 30.8 Å². The molecular weight excluding hydrogens is 274 g/mol. The van der Waals surface area contributed by atoms with Gasteiger partial charge in [0.25, 0.3) is 5.91 Å². The smallest absolute Gasteiger partial charge is 0.310 e. The molecule has 1 aromatic carbocycles. The van der Waals surface area contributed by atoms with Gasteiger partial charge in [-0.3, -0.25) is 14.9 Å². The van der Waals surface area contributed by atoms with Crippen molar-refractivity contribution in [1.29, 1.82) is 0 Å². The summed E-state index contributed by atoms with van der Waals surface area (Å²) in [6.07, 6.45) is 2.96. The second-order valence-electron chi connectivity index (χ2n) is 4.64. The maximum Gasteiger partial charge on any atom is 0.310 e. The highest BCUT2D eigenvalue weighted by molar-refractivity contribution is 5.95. The molecular formula is C14H17N3O4. The van der Waals surface area contributed by atoms with Gasteiger partial charge >= 0.3 is 5.69 Å². The molecule has 1 aromatic rings. The number of hydrogen-bond acceptors (Lipinski definition) is 5. The average molecular weight is 291 g/mol. The maximum atomic E-state index is 12.1. The number of nitro groups is 1.